The first-order chi connectivity index (χ1) is 9.43. The number of carboxylic acids is 1. The molecular formula is C14H22N2O3S. The summed E-state index contributed by atoms with van der Waals surface area (Å²) < 4.78 is 0. The fourth-order valence-corrected chi connectivity index (χ4v) is 2.66. The molecule has 0 bridgehead atoms. The molecule has 1 atom stereocenters. The lowest BCUT2D eigenvalue weighted by atomic mass is 10.2. The molecule has 0 saturated carbocycles. The number of carbonyl (C=O) groups excluding carboxylic acids is 1. The van der Waals surface area contributed by atoms with Crippen molar-refractivity contribution in [1.29, 1.82) is 0 Å². The Morgan fingerprint density at radius 1 is 1.45 bits per heavy atom. The number of rotatable bonds is 8. The van der Waals surface area contributed by atoms with Gasteiger partial charge in [0.1, 0.15) is 0 Å². The Morgan fingerprint density at radius 2 is 2.15 bits per heavy atom. The molecule has 1 aromatic heterocycles. The zero-order valence-corrected chi connectivity index (χ0v) is 13.0. The van der Waals surface area contributed by atoms with Gasteiger partial charge in [0.2, 0.25) is 5.91 Å². The zero-order valence-electron chi connectivity index (χ0n) is 12.2. The Labute approximate surface area is 123 Å². The Hall–Kier alpha value is -1.40. The maximum atomic E-state index is 12.2. The number of likely N-dealkylation sites (N-methyl/N-ethyl adjacent to an activating group) is 2. The third kappa shape index (κ3) is 5.30. The molecule has 20 heavy (non-hydrogen) atoms. The second-order valence-electron chi connectivity index (χ2n) is 4.89. The SMILES string of the molecule is CCN(CC(=O)N(C)Cc1ccsc1)C(C)CC(=O)O. The lowest BCUT2D eigenvalue weighted by Crippen LogP contribution is -2.42. The van der Waals surface area contributed by atoms with Crippen LogP contribution in [0, 0.1) is 0 Å². The maximum absolute atomic E-state index is 12.2. The monoisotopic (exact) mass is 298 g/mol. The number of hydrogen-bond donors (Lipinski definition) is 1. The zero-order chi connectivity index (χ0) is 15.1. The van der Waals surface area contributed by atoms with Crippen LogP contribution in [0.2, 0.25) is 0 Å². The van der Waals surface area contributed by atoms with Gasteiger partial charge in [-0.3, -0.25) is 14.5 Å². The van der Waals surface area contributed by atoms with Crippen molar-refractivity contribution in [2.24, 2.45) is 0 Å². The van der Waals surface area contributed by atoms with Gasteiger partial charge >= 0.3 is 5.97 Å². The fourth-order valence-electron chi connectivity index (χ4n) is 2.00. The molecule has 0 saturated heterocycles. The standard InChI is InChI=1S/C14H22N2O3S/c1-4-16(11(2)7-14(18)19)9-13(17)15(3)8-12-5-6-20-10-12/h5-6,10-11H,4,7-9H2,1-3H3,(H,18,19). The van der Waals surface area contributed by atoms with Crippen LogP contribution in [-0.4, -0.2) is 53.0 Å². The molecule has 0 radical (unpaired) electrons. The van der Waals surface area contributed by atoms with Crippen LogP contribution >= 0.6 is 11.3 Å². The molecular weight excluding hydrogens is 276 g/mol. The van der Waals surface area contributed by atoms with Gasteiger partial charge in [-0.05, 0) is 35.9 Å². The van der Waals surface area contributed by atoms with Crippen LogP contribution in [0.1, 0.15) is 25.8 Å². The smallest absolute Gasteiger partial charge is 0.304 e. The lowest BCUT2D eigenvalue weighted by Gasteiger charge is -2.28. The highest BCUT2D eigenvalue weighted by Crippen LogP contribution is 2.10. The van der Waals surface area contributed by atoms with Crippen LogP contribution in [0.3, 0.4) is 0 Å². The minimum atomic E-state index is -0.838. The maximum Gasteiger partial charge on any atom is 0.304 e. The first-order valence-electron chi connectivity index (χ1n) is 6.65. The normalized spacial score (nSPS) is 12.4. The van der Waals surface area contributed by atoms with E-state index in [1.54, 1.807) is 23.3 Å². The largest absolute Gasteiger partial charge is 0.481 e. The van der Waals surface area contributed by atoms with E-state index in [0.717, 1.165) is 5.56 Å². The Kier molecular flexibility index (Phi) is 6.67. The first-order valence-corrected chi connectivity index (χ1v) is 7.59. The van der Waals surface area contributed by atoms with Crippen LogP contribution < -0.4 is 0 Å². The Morgan fingerprint density at radius 3 is 2.65 bits per heavy atom. The third-order valence-corrected chi connectivity index (χ3v) is 4.00. The summed E-state index contributed by atoms with van der Waals surface area (Å²) in [7, 11) is 1.77. The van der Waals surface area contributed by atoms with Gasteiger partial charge in [0.05, 0.1) is 13.0 Å². The van der Waals surface area contributed by atoms with Crippen molar-refractivity contribution in [3.63, 3.8) is 0 Å². The van der Waals surface area contributed by atoms with E-state index in [0.29, 0.717) is 13.1 Å². The Bertz CT molecular complexity index is 434. The van der Waals surface area contributed by atoms with E-state index in [1.165, 1.54) is 0 Å². The summed E-state index contributed by atoms with van der Waals surface area (Å²) in [5.41, 5.74) is 1.12. The molecule has 1 heterocycles. The Balaban J connectivity index is 2.51. The van der Waals surface area contributed by atoms with Crippen LogP contribution in [0.4, 0.5) is 0 Å². The minimum Gasteiger partial charge on any atom is -0.481 e. The molecule has 112 valence electrons. The van der Waals surface area contributed by atoms with Gasteiger partial charge in [-0.2, -0.15) is 11.3 Å². The highest BCUT2D eigenvalue weighted by Gasteiger charge is 2.20. The number of amides is 1. The van der Waals surface area contributed by atoms with E-state index in [2.05, 4.69) is 0 Å². The van der Waals surface area contributed by atoms with Crippen LogP contribution in [0.5, 0.6) is 0 Å². The molecule has 0 aliphatic rings. The average molecular weight is 298 g/mol. The molecule has 1 unspecified atom stereocenters. The van der Waals surface area contributed by atoms with Crippen molar-refractivity contribution in [2.45, 2.75) is 32.9 Å². The van der Waals surface area contributed by atoms with Crippen molar-refractivity contribution in [2.75, 3.05) is 20.1 Å². The van der Waals surface area contributed by atoms with Crippen molar-refractivity contribution in [3.8, 4) is 0 Å². The van der Waals surface area contributed by atoms with Crippen LogP contribution in [0.15, 0.2) is 16.8 Å². The van der Waals surface area contributed by atoms with Crippen molar-refractivity contribution in [1.82, 2.24) is 9.80 Å². The van der Waals surface area contributed by atoms with Crippen molar-refractivity contribution < 1.29 is 14.7 Å². The van der Waals surface area contributed by atoms with Gasteiger partial charge in [0.15, 0.2) is 0 Å². The average Bonchev–Trinajstić information content (AvgIpc) is 2.87. The van der Waals surface area contributed by atoms with E-state index >= 15 is 0 Å². The number of thiophene rings is 1. The molecule has 5 nitrogen and oxygen atoms in total. The summed E-state index contributed by atoms with van der Waals surface area (Å²) in [5.74, 6) is -0.828. The molecule has 6 heteroatoms. The van der Waals surface area contributed by atoms with Gasteiger partial charge < -0.3 is 10.0 Å². The summed E-state index contributed by atoms with van der Waals surface area (Å²) >= 11 is 1.61. The van der Waals surface area contributed by atoms with Gasteiger partial charge in [0.25, 0.3) is 0 Å². The molecule has 0 spiro atoms. The molecule has 0 aliphatic heterocycles. The predicted molar refractivity (Wildman–Crippen MR) is 79.8 cm³/mol. The molecule has 1 aromatic rings. The minimum absolute atomic E-state index is 0.00953. The summed E-state index contributed by atoms with van der Waals surface area (Å²) in [6.45, 7) is 5.28. The second kappa shape index (κ2) is 8.01. The number of aliphatic carboxylic acids is 1. The van der Waals surface area contributed by atoms with E-state index < -0.39 is 5.97 Å². The topological polar surface area (TPSA) is 60.9 Å². The number of nitrogens with zero attached hydrogens (tertiary/aromatic N) is 2. The van der Waals surface area contributed by atoms with E-state index in [1.807, 2.05) is 35.6 Å². The molecule has 1 amide bonds. The summed E-state index contributed by atoms with van der Waals surface area (Å²) in [6, 6.07) is 1.86. The predicted octanol–water partition coefficient (Wildman–Crippen LogP) is 1.89. The quantitative estimate of drug-likeness (QED) is 0.796. The van der Waals surface area contributed by atoms with E-state index in [-0.39, 0.29) is 24.9 Å². The van der Waals surface area contributed by atoms with Crippen molar-refractivity contribution in [3.05, 3.63) is 22.4 Å². The highest BCUT2D eigenvalue weighted by molar-refractivity contribution is 7.07. The number of carboxylic acid groups (broad SMARTS) is 1. The molecule has 1 rings (SSSR count). The van der Waals surface area contributed by atoms with Gasteiger partial charge in [-0.15, -0.1) is 0 Å². The van der Waals surface area contributed by atoms with Gasteiger partial charge in [-0.1, -0.05) is 6.92 Å². The molecule has 0 aliphatic carbocycles. The fraction of sp³-hybridized carbons (Fsp3) is 0.571. The molecule has 1 N–H and O–H groups in total. The first kappa shape index (κ1) is 16.7. The van der Waals surface area contributed by atoms with Crippen LogP contribution in [-0.2, 0) is 16.1 Å². The second-order valence-corrected chi connectivity index (χ2v) is 5.67. The van der Waals surface area contributed by atoms with Gasteiger partial charge in [-0.25, -0.2) is 0 Å². The summed E-state index contributed by atoms with van der Waals surface area (Å²) in [6.07, 6.45) is 0.0510. The van der Waals surface area contributed by atoms with E-state index in [9.17, 15) is 9.59 Å². The van der Waals surface area contributed by atoms with Gasteiger partial charge in [0, 0.05) is 19.6 Å². The summed E-state index contributed by atoms with van der Waals surface area (Å²) in [5, 5.41) is 12.8. The third-order valence-electron chi connectivity index (χ3n) is 3.26. The number of carbonyl (C=O) groups is 2. The number of hydrogen-bond acceptors (Lipinski definition) is 4. The van der Waals surface area contributed by atoms with Crippen molar-refractivity contribution >= 4 is 23.2 Å². The summed E-state index contributed by atoms with van der Waals surface area (Å²) in [4.78, 5) is 26.5. The van der Waals surface area contributed by atoms with E-state index in [4.69, 9.17) is 5.11 Å². The molecule has 0 fully saturated rings. The molecule has 0 aromatic carbocycles. The van der Waals surface area contributed by atoms with Crippen LogP contribution in [0.25, 0.3) is 0 Å². The highest BCUT2D eigenvalue weighted by atomic mass is 32.1. The lowest BCUT2D eigenvalue weighted by molar-refractivity contribution is -0.139.